The molecule has 2 aromatic carbocycles. The minimum Gasteiger partial charge on any atom is -0.279 e. The van der Waals surface area contributed by atoms with E-state index in [0.29, 0.717) is 0 Å². The first-order chi connectivity index (χ1) is 10.2. The van der Waals surface area contributed by atoms with Crippen LogP contribution in [0.4, 0.5) is 15.8 Å². The molecule has 0 amide bonds. The second kappa shape index (κ2) is 6.07. The molecule has 22 heavy (non-hydrogen) atoms. The summed E-state index contributed by atoms with van der Waals surface area (Å²) in [5.74, 6) is -1.08. The van der Waals surface area contributed by atoms with Crippen LogP contribution in [0.15, 0.2) is 41.3 Å². The van der Waals surface area contributed by atoms with Crippen molar-refractivity contribution in [3.05, 3.63) is 62.4 Å². The number of benzene rings is 2. The van der Waals surface area contributed by atoms with Gasteiger partial charge in [0.15, 0.2) is 0 Å². The predicted octanol–water partition coefficient (Wildman–Crippen LogP) is 3.84. The first kappa shape index (κ1) is 16.5. The van der Waals surface area contributed by atoms with Crippen molar-refractivity contribution in [1.82, 2.24) is 0 Å². The van der Waals surface area contributed by atoms with Crippen LogP contribution in [0.3, 0.4) is 0 Å². The van der Waals surface area contributed by atoms with Gasteiger partial charge in [0.1, 0.15) is 4.90 Å². The fourth-order valence-electron chi connectivity index (χ4n) is 1.62. The zero-order valence-electron chi connectivity index (χ0n) is 10.6. The molecular weight excluding hydrogens is 358 g/mol. The second-order valence-corrected chi connectivity index (χ2v) is 6.52. The summed E-state index contributed by atoms with van der Waals surface area (Å²) in [6.45, 7) is 0. The Morgan fingerprint density at radius 1 is 1.18 bits per heavy atom. The topological polar surface area (TPSA) is 89.3 Å². The van der Waals surface area contributed by atoms with Gasteiger partial charge in [-0.1, -0.05) is 29.3 Å². The van der Waals surface area contributed by atoms with Gasteiger partial charge in [0, 0.05) is 6.07 Å². The molecule has 6 nitrogen and oxygen atoms in total. The van der Waals surface area contributed by atoms with Gasteiger partial charge in [0.2, 0.25) is 5.82 Å². The summed E-state index contributed by atoms with van der Waals surface area (Å²) in [6.07, 6.45) is 0. The Balaban J connectivity index is 2.43. The number of rotatable bonds is 4. The third-order valence-corrected chi connectivity index (χ3v) is 4.96. The number of anilines is 1. The minimum atomic E-state index is -4.13. The Bertz CT molecular complexity index is 858. The fourth-order valence-corrected chi connectivity index (χ4v) is 3.43. The summed E-state index contributed by atoms with van der Waals surface area (Å²) < 4.78 is 39.8. The summed E-state index contributed by atoms with van der Waals surface area (Å²) in [5, 5.41) is 10.5. The normalized spacial score (nSPS) is 11.2. The highest BCUT2D eigenvalue weighted by Gasteiger charge is 2.21. The van der Waals surface area contributed by atoms with Crippen molar-refractivity contribution in [3.63, 3.8) is 0 Å². The van der Waals surface area contributed by atoms with E-state index in [4.69, 9.17) is 23.2 Å². The van der Waals surface area contributed by atoms with Crippen molar-refractivity contribution >= 4 is 44.6 Å². The zero-order valence-corrected chi connectivity index (χ0v) is 12.9. The average Bonchev–Trinajstić information content (AvgIpc) is 2.43. The van der Waals surface area contributed by atoms with Crippen LogP contribution < -0.4 is 4.72 Å². The first-order valence-corrected chi connectivity index (χ1v) is 7.87. The molecular formula is C12H7Cl2FN2O4S. The molecule has 0 aromatic heterocycles. The standard InChI is InChI=1S/C12H7Cl2FN2O4S/c13-8-2-1-3-11(12(8)14)22(20,21)16-7-4-5-9(15)10(6-7)17(18)19/h1-6,16H. The third-order valence-electron chi connectivity index (χ3n) is 2.60. The molecule has 116 valence electrons. The molecule has 0 radical (unpaired) electrons. The molecule has 0 spiro atoms. The number of halogens is 3. The maximum Gasteiger partial charge on any atom is 0.306 e. The number of nitro benzene ring substituents is 1. The Kier molecular flexibility index (Phi) is 4.55. The lowest BCUT2D eigenvalue weighted by molar-refractivity contribution is -0.387. The molecule has 2 aromatic rings. The van der Waals surface area contributed by atoms with Gasteiger partial charge in [0.25, 0.3) is 10.0 Å². The largest absolute Gasteiger partial charge is 0.306 e. The molecule has 0 aliphatic rings. The molecule has 0 aliphatic carbocycles. The molecule has 0 unspecified atom stereocenters. The van der Waals surface area contributed by atoms with E-state index in [1.807, 2.05) is 0 Å². The first-order valence-electron chi connectivity index (χ1n) is 5.63. The van der Waals surface area contributed by atoms with E-state index in [-0.39, 0.29) is 20.6 Å². The van der Waals surface area contributed by atoms with E-state index in [1.165, 1.54) is 18.2 Å². The third kappa shape index (κ3) is 3.29. The molecule has 0 saturated carbocycles. The number of nitrogens with one attached hydrogen (secondary N) is 1. The van der Waals surface area contributed by atoms with Crippen molar-refractivity contribution in [2.75, 3.05) is 4.72 Å². The van der Waals surface area contributed by atoms with Crippen LogP contribution in [0.2, 0.25) is 10.0 Å². The average molecular weight is 365 g/mol. The maximum atomic E-state index is 13.2. The highest BCUT2D eigenvalue weighted by molar-refractivity contribution is 7.92. The van der Waals surface area contributed by atoms with Gasteiger partial charge >= 0.3 is 5.69 Å². The van der Waals surface area contributed by atoms with E-state index in [9.17, 15) is 22.9 Å². The van der Waals surface area contributed by atoms with E-state index < -0.39 is 26.5 Å². The van der Waals surface area contributed by atoms with Crippen LogP contribution in [-0.2, 0) is 10.0 Å². The lowest BCUT2D eigenvalue weighted by atomic mass is 10.3. The monoisotopic (exact) mass is 364 g/mol. The number of sulfonamides is 1. The smallest absolute Gasteiger partial charge is 0.279 e. The number of hydrogen-bond acceptors (Lipinski definition) is 4. The number of nitro groups is 1. The lowest BCUT2D eigenvalue weighted by Gasteiger charge is -2.10. The Labute approximate surface area is 134 Å². The van der Waals surface area contributed by atoms with Crippen LogP contribution in [0.5, 0.6) is 0 Å². The number of nitrogens with zero attached hydrogens (tertiary/aromatic N) is 1. The minimum absolute atomic E-state index is 0.0367. The molecule has 0 heterocycles. The van der Waals surface area contributed by atoms with Gasteiger partial charge in [-0.15, -0.1) is 0 Å². The summed E-state index contributed by atoms with van der Waals surface area (Å²) >= 11 is 11.6. The van der Waals surface area contributed by atoms with Crippen LogP contribution in [0, 0.1) is 15.9 Å². The van der Waals surface area contributed by atoms with Gasteiger partial charge < -0.3 is 0 Å². The Morgan fingerprint density at radius 3 is 2.50 bits per heavy atom. The second-order valence-electron chi connectivity index (χ2n) is 4.08. The quantitative estimate of drug-likeness (QED) is 0.659. The van der Waals surface area contributed by atoms with Crippen LogP contribution in [-0.4, -0.2) is 13.3 Å². The molecule has 1 N–H and O–H groups in total. The molecule has 0 aliphatic heterocycles. The highest BCUT2D eigenvalue weighted by Crippen LogP contribution is 2.31. The van der Waals surface area contributed by atoms with E-state index in [2.05, 4.69) is 4.72 Å². The maximum absolute atomic E-state index is 13.2. The van der Waals surface area contributed by atoms with E-state index in [0.717, 1.165) is 18.2 Å². The van der Waals surface area contributed by atoms with Gasteiger partial charge in [-0.25, -0.2) is 8.42 Å². The molecule has 10 heteroatoms. The zero-order chi connectivity index (χ0) is 16.5. The van der Waals surface area contributed by atoms with Gasteiger partial charge in [-0.2, -0.15) is 4.39 Å². The molecule has 0 fully saturated rings. The van der Waals surface area contributed by atoms with E-state index >= 15 is 0 Å². The Hall–Kier alpha value is -1.90. The molecule has 0 saturated heterocycles. The van der Waals surface area contributed by atoms with Crippen LogP contribution >= 0.6 is 23.2 Å². The molecule has 2 rings (SSSR count). The van der Waals surface area contributed by atoms with Crippen LogP contribution in [0.1, 0.15) is 0 Å². The Morgan fingerprint density at radius 2 is 1.86 bits per heavy atom. The molecule has 0 atom stereocenters. The summed E-state index contributed by atoms with van der Waals surface area (Å²) in [5.41, 5.74) is -1.03. The highest BCUT2D eigenvalue weighted by atomic mass is 35.5. The molecule has 0 bridgehead atoms. The van der Waals surface area contributed by atoms with Crippen molar-refractivity contribution < 1.29 is 17.7 Å². The van der Waals surface area contributed by atoms with Gasteiger partial charge in [-0.05, 0) is 24.3 Å². The summed E-state index contributed by atoms with van der Waals surface area (Å²) in [4.78, 5) is 9.40. The van der Waals surface area contributed by atoms with Crippen molar-refractivity contribution in [2.24, 2.45) is 0 Å². The number of hydrogen-bond donors (Lipinski definition) is 1. The SMILES string of the molecule is O=[N+]([O-])c1cc(NS(=O)(=O)c2cccc(Cl)c2Cl)ccc1F. The van der Waals surface area contributed by atoms with Gasteiger partial charge in [0.05, 0.1) is 20.7 Å². The lowest BCUT2D eigenvalue weighted by Crippen LogP contribution is -2.13. The summed E-state index contributed by atoms with van der Waals surface area (Å²) in [6, 6.07) is 6.62. The van der Waals surface area contributed by atoms with E-state index in [1.54, 1.807) is 0 Å². The summed E-state index contributed by atoms with van der Waals surface area (Å²) in [7, 11) is -4.13. The fraction of sp³-hybridized carbons (Fsp3) is 0. The van der Waals surface area contributed by atoms with Crippen molar-refractivity contribution in [3.8, 4) is 0 Å². The van der Waals surface area contributed by atoms with Crippen molar-refractivity contribution in [1.29, 1.82) is 0 Å². The van der Waals surface area contributed by atoms with Gasteiger partial charge in [-0.3, -0.25) is 14.8 Å². The van der Waals surface area contributed by atoms with Crippen molar-refractivity contribution in [2.45, 2.75) is 4.90 Å². The predicted molar refractivity (Wildman–Crippen MR) is 80.3 cm³/mol. The van der Waals surface area contributed by atoms with Crippen LogP contribution in [0.25, 0.3) is 0 Å².